The molecule has 1 aliphatic rings. The Labute approximate surface area is 261 Å². The van der Waals surface area contributed by atoms with Crippen LogP contribution in [0.1, 0.15) is 0 Å². The van der Waals surface area contributed by atoms with E-state index in [1.54, 1.807) is 0 Å². The predicted molar refractivity (Wildman–Crippen MR) is 191 cm³/mol. The molecule has 2 nitrogen and oxygen atoms in total. The third-order valence-electron chi connectivity index (χ3n) is 9.88. The molecule has 0 saturated heterocycles. The molecular formula is C42H27NOSi. The Bertz CT molecular complexity index is 2520. The fraction of sp³-hybridized carbons (Fsp3) is 0. The number of rotatable bonds is 3. The molecule has 0 radical (unpaired) electrons. The normalized spacial score (nSPS) is 13.5. The van der Waals surface area contributed by atoms with Crippen LogP contribution in [0.3, 0.4) is 0 Å². The van der Waals surface area contributed by atoms with E-state index < -0.39 is 8.07 Å². The molecular weight excluding hydrogens is 563 g/mol. The Kier molecular flexibility index (Phi) is 5.05. The third-order valence-corrected chi connectivity index (χ3v) is 14.7. The highest BCUT2D eigenvalue weighted by Gasteiger charge is 2.48. The smallest absolute Gasteiger partial charge is 0.180 e. The molecule has 0 unspecified atom stereocenters. The minimum Gasteiger partial charge on any atom is -0.456 e. The van der Waals surface area contributed by atoms with Crippen LogP contribution in [0.15, 0.2) is 168 Å². The van der Waals surface area contributed by atoms with Gasteiger partial charge in [-0.2, -0.15) is 0 Å². The summed E-state index contributed by atoms with van der Waals surface area (Å²) in [4.78, 5) is 0. The second-order valence-corrected chi connectivity index (χ2v) is 15.8. The maximum absolute atomic E-state index is 6.31. The molecule has 45 heavy (non-hydrogen) atoms. The summed E-state index contributed by atoms with van der Waals surface area (Å²) in [5.74, 6) is 0. The lowest BCUT2D eigenvalue weighted by Crippen LogP contribution is -2.72. The van der Waals surface area contributed by atoms with Crippen molar-refractivity contribution in [2.75, 3.05) is 0 Å². The van der Waals surface area contributed by atoms with Crippen LogP contribution in [0.5, 0.6) is 0 Å². The molecule has 3 heterocycles. The number of fused-ring (bicyclic) bond motifs is 9. The maximum Gasteiger partial charge on any atom is 0.180 e. The molecule has 0 amide bonds. The van der Waals surface area contributed by atoms with Crippen LogP contribution in [0.25, 0.3) is 60.6 Å². The SMILES string of the molecule is c1cc(-n2c3ccccc3c3ccccc32)cc([Si]2(c3ccc4oc5ccccc5c4c3)c3ccccc3-c3ccccc32)c1. The highest BCUT2D eigenvalue weighted by molar-refractivity contribution is 7.22. The van der Waals surface area contributed by atoms with E-state index in [0.29, 0.717) is 0 Å². The third kappa shape index (κ3) is 3.28. The standard InChI is InChI=1S/C42H27NOSi/c1-6-19-37-31(14-1)32-15-2-7-20-38(32)43(37)28-12-11-13-29(26-28)45(41-22-9-4-17-34(41)35-18-5-10-23-42(35)45)30-24-25-40-36(27-30)33-16-3-8-21-39(33)44-40/h1-27H. The van der Waals surface area contributed by atoms with Crippen LogP contribution in [-0.4, -0.2) is 12.6 Å². The molecule has 7 aromatic carbocycles. The first-order valence-electron chi connectivity index (χ1n) is 15.5. The van der Waals surface area contributed by atoms with Crippen LogP contribution < -0.4 is 20.7 Å². The second kappa shape index (κ2) is 9.18. The molecule has 0 fully saturated rings. The van der Waals surface area contributed by atoms with Crippen molar-refractivity contribution >= 4 is 72.6 Å². The highest BCUT2D eigenvalue weighted by atomic mass is 28.3. The van der Waals surface area contributed by atoms with Gasteiger partial charge in [0.25, 0.3) is 0 Å². The largest absolute Gasteiger partial charge is 0.456 e. The number of furan rings is 1. The van der Waals surface area contributed by atoms with E-state index in [1.165, 1.54) is 64.8 Å². The van der Waals surface area contributed by atoms with Gasteiger partial charge in [0, 0.05) is 27.2 Å². The van der Waals surface area contributed by atoms with Crippen LogP contribution in [-0.2, 0) is 0 Å². The summed E-state index contributed by atoms with van der Waals surface area (Å²) in [6.07, 6.45) is 0. The van der Waals surface area contributed by atoms with Gasteiger partial charge in [-0.1, -0.05) is 127 Å². The Hall–Kier alpha value is -5.64. The molecule has 3 heteroatoms. The number of nitrogens with zero attached hydrogens (tertiary/aromatic N) is 1. The number of hydrogen-bond donors (Lipinski definition) is 0. The first kappa shape index (κ1) is 24.8. The molecule has 0 aliphatic carbocycles. The first-order chi connectivity index (χ1) is 22.3. The predicted octanol–water partition coefficient (Wildman–Crippen LogP) is 8.04. The summed E-state index contributed by atoms with van der Waals surface area (Å²) >= 11 is 0. The van der Waals surface area contributed by atoms with Gasteiger partial charge in [0.2, 0.25) is 0 Å². The van der Waals surface area contributed by atoms with Gasteiger partial charge in [0.15, 0.2) is 8.07 Å². The maximum atomic E-state index is 6.31. The lowest BCUT2D eigenvalue weighted by atomic mass is 10.1. The molecule has 2 aromatic heterocycles. The van der Waals surface area contributed by atoms with E-state index in [-0.39, 0.29) is 0 Å². The zero-order valence-electron chi connectivity index (χ0n) is 24.4. The lowest BCUT2D eigenvalue weighted by molar-refractivity contribution is 0.669. The summed E-state index contributed by atoms with van der Waals surface area (Å²) in [7, 11) is -2.74. The van der Waals surface area contributed by atoms with Crippen LogP contribution in [0.4, 0.5) is 0 Å². The zero-order chi connectivity index (χ0) is 29.5. The fourth-order valence-corrected chi connectivity index (χ4v) is 13.3. The molecule has 0 atom stereocenters. The molecule has 0 N–H and O–H groups in total. The van der Waals surface area contributed by atoms with Crippen molar-refractivity contribution in [1.29, 1.82) is 0 Å². The number of aromatic nitrogens is 1. The molecule has 1 aliphatic heterocycles. The lowest BCUT2D eigenvalue weighted by Gasteiger charge is -2.31. The van der Waals surface area contributed by atoms with Gasteiger partial charge in [-0.05, 0) is 68.3 Å². The van der Waals surface area contributed by atoms with E-state index >= 15 is 0 Å². The van der Waals surface area contributed by atoms with E-state index in [2.05, 4.69) is 162 Å². The number of para-hydroxylation sites is 3. The quantitative estimate of drug-likeness (QED) is 0.191. The van der Waals surface area contributed by atoms with Gasteiger partial charge in [0.05, 0.1) is 11.0 Å². The van der Waals surface area contributed by atoms with Gasteiger partial charge >= 0.3 is 0 Å². The van der Waals surface area contributed by atoms with E-state index in [1.807, 2.05) is 6.07 Å². The van der Waals surface area contributed by atoms with Crippen molar-refractivity contribution in [3.8, 4) is 16.8 Å². The molecule has 0 bridgehead atoms. The van der Waals surface area contributed by atoms with Crippen molar-refractivity contribution in [2.24, 2.45) is 0 Å². The summed E-state index contributed by atoms with van der Waals surface area (Å²) in [5.41, 5.74) is 8.20. The van der Waals surface area contributed by atoms with E-state index in [9.17, 15) is 0 Å². The highest BCUT2D eigenvalue weighted by Crippen LogP contribution is 2.34. The average Bonchev–Trinajstić information content (AvgIpc) is 3.75. The van der Waals surface area contributed by atoms with Crippen LogP contribution in [0, 0.1) is 0 Å². The Morgan fingerprint density at radius 1 is 0.400 bits per heavy atom. The second-order valence-electron chi connectivity index (χ2n) is 12.1. The van der Waals surface area contributed by atoms with Crippen molar-refractivity contribution in [3.05, 3.63) is 164 Å². The van der Waals surface area contributed by atoms with E-state index in [4.69, 9.17) is 4.42 Å². The van der Waals surface area contributed by atoms with Gasteiger partial charge < -0.3 is 8.98 Å². The minimum absolute atomic E-state index is 0.931. The van der Waals surface area contributed by atoms with Crippen LogP contribution in [0.2, 0.25) is 0 Å². The molecule has 210 valence electrons. The zero-order valence-corrected chi connectivity index (χ0v) is 25.4. The van der Waals surface area contributed by atoms with Gasteiger partial charge in [0.1, 0.15) is 11.2 Å². The summed E-state index contributed by atoms with van der Waals surface area (Å²) in [5, 5.41) is 10.5. The summed E-state index contributed by atoms with van der Waals surface area (Å²) in [6.45, 7) is 0. The summed E-state index contributed by atoms with van der Waals surface area (Å²) < 4.78 is 8.75. The van der Waals surface area contributed by atoms with Crippen molar-refractivity contribution in [2.45, 2.75) is 0 Å². The van der Waals surface area contributed by atoms with Gasteiger partial charge in [-0.3, -0.25) is 0 Å². The average molecular weight is 590 g/mol. The summed E-state index contributed by atoms with van der Waals surface area (Å²) in [6, 6.07) is 60.4. The van der Waals surface area contributed by atoms with Gasteiger partial charge in [-0.25, -0.2) is 0 Å². The van der Waals surface area contributed by atoms with Crippen molar-refractivity contribution < 1.29 is 4.42 Å². The fourth-order valence-electron chi connectivity index (χ4n) is 8.06. The van der Waals surface area contributed by atoms with Crippen LogP contribution >= 0.6 is 0 Å². The topological polar surface area (TPSA) is 18.1 Å². The molecule has 0 spiro atoms. The number of hydrogen-bond acceptors (Lipinski definition) is 1. The van der Waals surface area contributed by atoms with Crippen molar-refractivity contribution in [3.63, 3.8) is 0 Å². The number of benzene rings is 7. The molecule has 0 saturated carbocycles. The van der Waals surface area contributed by atoms with Gasteiger partial charge in [-0.15, -0.1) is 0 Å². The Balaban J connectivity index is 1.32. The minimum atomic E-state index is -2.74. The van der Waals surface area contributed by atoms with E-state index in [0.717, 1.165) is 16.6 Å². The van der Waals surface area contributed by atoms with Crippen molar-refractivity contribution in [1.82, 2.24) is 4.57 Å². The monoisotopic (exact) mass is 589 g/mol. The molecule has 9 aromatic rings. The Morgan fingerprint density at radius 2 is 0.956 bits per heavy atom. The molecule has 10 rings (SSSR count). The Morgan fingerprint density at radius 3 is 1.67 bits per heavy atom. The first-order valence-corrected chi connectivity index (χ1v) is 17.5.